The molecule has 0 saturated carbocycles. The van der Waals surface area contributed by atoms with Gasteiger partial charge >= 0.3 is 22.4 Å². The SMILES string of the molecule is CC(C)(C)c1ccc([S+](c2ccc(C(C)(C)C)cc2)c2ccc(C(C)(C)C)cc2)cc1.CC(C)(C)c1ccc([S+](c2ccc(C(C)(C)C)cc2)c2ccc(C(C)(C)C)cc2)cc1.O=S(=O)([O-])C(F)(F)C(F)(F)C(F)(F)C(F)(F)S(=O)(=O)[O-]. The molecule has 450 valence electrons. The van der Waals surface area contributed by atoms with Crippen LogP contribution in [0.4, 0.5) is 35.1 Å². The summed E-state index contributed by atoms with van der Waals surface area (Å²) in [5.41, 5.74) is 9.28. The zero-order chi connectivity index (χ0) is 63.1. The third-order valence-electron chi connectivity index (χ3n) is 13.5. The lowest BCUT2D eigenvalue weighted by molar-refractivity contribution is -0.327. The first-order valence-corrected chi connectivity index (χ1v) is 31.6. The van der Waals surface area contributed by atoms with E-state index in [1.807, 2.05) is 0 Å². The lowest BCUT2D eigenvalue weighted by Crippen LogP contribution is -2.66. The standard InChI is InChI=1S/2C30H39S.C4H2F8O6S2/c2*1-28(2,3)22-10-16-25(17-11-22)31(26-18-12-23(13-19-26)29(4,5)6)27-20-14-24(15-21-27)30(7,8)9;5-1(6,3(9,10)19(13,14)15)2(7,8)4(11,12)20(16,17)18/h2*10-21H,1-9H3;(H,13,14,15)(H,16,17,18)/q2*+1;/p-2. The molecule has 6 aromatic rings. The molecule has 6 nitrogen and oxygen atoms in total. The second-order valence-corrected chi connectivity index (χ2v) is 33.2. The highest BCUT2D eigenvalue weighted by Crippen LogP contribution is 2.55. The lowest BCUT2D eigenvalue weighted by atomic mass is 9.87. The van der Waals surface area contributed by atoms with E-state index < -0.39 is 42.6 Å². The Morgan fingerprint density at radius 2 is 0.366 bits per heavy atom. The molecule has 0 bridgehead atoms. The summed E-state index contributed by atoms with van der Waals surface area (Å²) in [6.45, 7) is 41.0. The third kappa shape index (κ3) is 16.2. The molecular formula is C64H78F8O6S4. The van der Waals surface area contributed by atoms with E-state index in [1.54, 1.807) is 0 Å². The fraction of sp³-hybridized carbons (Fsp3) is 0.438. The lowest BCUT2D eigenvalue weighted by Gasteiger charge is -2.37. The molecule has 0 saturated heterocycles. The van der Waals surface area contributed by atoms with Crippen LogP contribution in [0.15, 0.2) is 175 Å². The van der Waals surface area contributed by atoms with Gasteiger partial charge in [-0.05, 0) is 139 Å². The van der Waals surface area contributed by atoms with Gasteiger partial charge in [0.15, 0.2) is 49.6 Å². The molecule has 0 atom stereocenters. The zero-order valence-corrected chi connectivity index (χ0v) is 53.2. The quantitative estimate of drug-likeness (QED) is 0.0725. The number of rotatable bonds is 11. The molecule has 0 aromatic heterocycles. The van der Waals surface area contributed by atoms with Gasteiger partial charge in [-0.15, -0.1) is 0 Å². The molecule has 6 aromatic carbocycles. The minimum Gasteiger partial charge on any atom is -0.743 e. The molecule has 18 heteroatoms. The van der Waals surface area contributed by atoms with Crippen LogP contribution in [0.5, 0.6) is 0 Å². The average Bonchev–Trinajstić information content (AvgIpc) is 3.33. The Morgan fingerprint density at radius 3 is 0.451 bits per heavy atom. The number of hydrogen-bond donors (Lipinski definition) is 0. The van der Waals surface area contributed by atoms with E-state index in [2.05, 4.69) is 270 Å². The van der Waals surface area contributed by atoms with Gasteiger partial charge in [-0.25, -0.2) is 16.8 Å². The van der Waals surface area contributed by atoms with Gasteiger partial charge in [0, 0.05) is 0 Å². The highest BCUT2D eigenvalue weighted by molar-refractivity contribution is 7.97. The van der Waals surface area contributed by atoms with Crippen molar-refractivity contribution in [2.75, 3.05) is 0 Å². The summed E-state index contributed by atoms with van der Waals surface area (Å²) in [5, 5.41) is -14.6. The molecule has 0 fully saturated rings. The van der Waals surface area contributed by atoms with Crippen LogP contribution < -0.4 is 0 Å². The van der Waals surface area contributed by atoms with Gasteiger partial charge in [-0.3, -0.25) is 0 Å². The van der Waals surface area contributed by atoms with Gasteiger partial charge in [0.05, 0.1) is 21.8 Å². The summed E-state index contributed by atoms with van der Waals surface area (Å²) in [6, 6.07) is 55.7. The number of halogens is 8. The van der Waals surface area contributed by atoms with Crippen molar-refractivity contribution >= 4 is 42.0 Å². The first-order valence-electron chi connectivity index (χ1n) is 26.3. The number of benzene rings is 6. The maximum absolute atomic E-state index is 12.5. The number of alkyl halides is 8. The molecule has 0 aliphatic rings. The van der Waals surface area contributed by atoms with E-state index >= 15 is 0 Å². The van der Waals surface area contributed by atoms with Crippen LogP contribution in [0.3, 0.4) is 0 Å². The van der Waals surface area contributed by atoms with E-state index in [9.17, 15) is 61.1 Å². The van der Waals surface area contributed by atoms with Crippen molar-refractivity contribution in [2.45, 2.75) is 209 Å². The smallest absolute Gasteiger partial charge is 0.402 e. The van der Waals surface area contributed by atoms with Crippen molar-refractivity contribution in [3.8, 4) is 0 Å². The Morgan fingerprint density at radius 1 is 0.256 bits per heavy atom. The normalized spacial score (nSPS) is 13.8. The fourth-order valence-electron chi connectivity index (χ4n) is 8.04. The largest absolute Gasteiger partial charge is 0.743 e. The zero-order valence-electron chi connectivity index (χ0n) is 50.0. The molecule has 6 rings (SSSR count). The summed E-state index contributed by atoms with van der Waals surface area (Å²) in [5.74, 6) is -15.4. The van der Waals surface area contributed by atoms with Crippen molar-refractivity contribution < 1.29 is 61.1 Å². The Hall–Kier alpha value is -4.72. The highest BCUT2D eigenvalue weighted by Gasteiger charge is 2.84. The van der Waals surface area contributed by atoms with Crippen molar-refractivity contribution in [3.63, 3.8) is 0 Å². The van der Waals surface area contributed by atoms with Crippen molar-refractivity contribution in [3.05, 3.63) is 179 Å². The van der Waals surface area contributed by atoms with E-state index in [-0.39, 0.29) is 54.3 Å². The topological polar surface area (TPSA) is 114 Å². The van der Waals surface area contributed by atoms with Crippen LogP contribution >= 0.6 is 0 Å². The molecule has 82 heavy (non-hydrogen) atoms. The van der Waals surface area contributed by atoms with Gasteiger partial charge < -0.3 is 9.11 Å². The van der Waals surface area contributed by atoms with E-state index in [1.165, 1.54) is 62.8 Å². The second-order valence-electron chi connectivity index (χ2n) is 26.3. The molecule has 0 amide bonds. The first kappa shape index (κ1) is 69.8. The van der Waals surface area contributed by atoms with Crippen LogP contribution in [0.25, 0.3) is 0 Å². The average molecular weight is 1220 g/mol. The van der Waals surface area contributed by atoms with Gasteiger partial charge in [0.25, 0.3) is 0 Å². The summed E-state index contributed by atoms with van der Waals surface area (Å²) in [6.07, 6.45) is 0. The molecular weight excluding hydrogens is 1140 g/mol. The number of hydrogen-bond acceptors (Lipinski definition) is 6. The first-order chi connectivity index (χ1) is 36.8. The van der Waals surface area contributed by atoms with Crippen molar-refractivity contribution in [1.29, 1.82) is 0 Å². The molecule has 0 unspecified atom stereocenters. The molecule has 0 radical (unpaired) electrons. The Balaban J connectivity index is 0.000000272. The van der Waals surface area contributed by atoms with Crippen molar-refractivity contribution in [1.82, 2.24) is 0 Å². The summed E-state index contributed by atoms with van der Waals surface area (Å²) < 4.78 is 158. The van der Waals surface area contributed by atoms with Crippen LogP contribution in [-0.2, 0) is 74.5 Å². The summed E-state index contributed by atoms with van der Waals surface area (Å²) in [7, 11) is -15.4. The predicted octanol–water partition coefficient (Wildman–Crippen LogP) is 17.9. The maximum Gasteiger partial charge on any atom is 0.402 e. The third-order valence-corrected chi connectivity index (χ3v) is 19.7. The van der Waals surface area contributed by atoms with Crippen molar-refractivity contribution in [2.24, 2.45) is 0 Å². The van der Waals surface area contributed by atoms with Gasteiger partial charge in [0.2, 0.25) is 0 Å². The highest BCUT2D eigenvalue weighted by atomic mass is 32.2. The van der Waals surface area contributed by atoms with Gasteiger partial charge in [-0.2, -0.15) is 35.1 Å². The van der Waals surface area contributed by atoms with Crippen LogP contribution in [0.2, 0.25) is 0 Å². The van der Waals surface area contributed by atoms with Crippen LogP contribution in [0, 0.1) is 0 Å². The van der Waals surface area contributed by atoms with E-state index in [0.29, 0.717) is 0 Å². The molecule has 0 N–H and O–H groups in total. The summed E-state index contributed by atoms with van der Waals surface area (Å²) >= 11 is 0. The molecule has 0 aliphatic heterocycles. The molecule has 0 aliphatic carbocycles. The monoisotopic (exact) mass is 1220 g/mol. The predicted molar refractivity (Wildman–Crippen MR) is 314 cm³/mol. The van der Waals surface area contributed by atoms with E-state index in [0.717, 1.165) is 0 Å². The Bertz CT molecular complexity index is 2810. The van der Waals surface area contributed by atoms with E-state index in [4.69, 9.17) is 0 Å². The maximum atomic E-state index is 12.5. The van der Waals surface area contributed by atoms with Gasteiger partial charge in [-0.1, -0.05) is 197 Å². The molecule has 0 spiro atoms. The minimum absolute atomic E-state index is 0.120. The minimum atomic E-state index is -7.68. The van der Waals surface area contributed by atoms with Crippen LogP contribution in [-0.4, -0.2) is 48.3 Å². The Labute approximate surface area is 488 Å². The van der Waals surface area contributed by atoms with Gasteiger partial charge in [0.1, 0.15) is 0 Å². The summed E-state index contributed by atoms with van der Waals surface area (Å²) in [4.78, 5) is 8.25. The second kappa shape index (κ2) is 24.3. The van der Waals surface area contributed by atoms with Crippen LogP contribution in [0.1, 0.15) is 158 Å². The molecule has 0 heterocycles. The Kier molecular flexibility index (Phi) is 20.7. The fourth-order valence-corrected chi connectivity index (χ4v) is 13.0.